The number of carbonyl (C=O) groups excluding carboxylic acids is 1. The van der Waals surface area contributed by atoms with Crippen molar-refractivity contribution in [3.05, 3.63) is 22.8 Å². The molecule has 5 nitrogen and oxygen atoms in total. The molecular weight excluding hydrogens is 318 g/mol. The molecule has 0 spiro atoms. The summed E-state index contributed by atoms with van der Waals surface area (Å²) in [6.45, 7) is 4.11. The lowest BCUT2D eigenvalue weighted by Gasteiger charge is -2.16. The van der Waals surface area contributed by atoms with E-state index in [2.05, 4.69) is 6.92 Å². The van der Waals surface area contributed by atoms with Gasteiger partial charge in [0.1, 0.15) is 18.2 Å². The molecule has 0 saturated carbocycles. The van der Waals surface area contributed by atoms with Crippen LogP contribution in [0.5, 0.6) is 0 Å². The molecule has 0 unspecified atom stereocenters. The molecule has 0 N–H and O–H groups in total. The maximum atomic E-state index is 12.2. The minimum Gasteiger partial charge on any atom is -0.459 e. The number of allylic oxidation sites excluding steroid dienone is 3. The van der Waals surface area contributed by atoms with E-state index in [9.17, 15) is 10.1 Å². The molecule has 1 aliphatic rings. The van der Waals surface area contributed by atoms with Gasteiger partial charge in [0.05, 0.1) is 6.61 Å². The molecule has 0 aliphatic heterocycles. The predicted molar refractivity (Wildman–Crippen MR) is 97.0 cm³/mol. The van der Waals surface area contributed by atoms with Crippen LogP contribution >= 0.6 is 0 Å². The van der Waals surface area contributed by atoms with Crippen molar-refractivity contribution in [1.82, 2.24) is 0 Å². The van der Waals surface area contributed by atoms with Crippen LogP contribution in [0.25, 0.3) is 0 Å². The predicted octanol–water partition coefficient (Wildman–Crippen LogP) is 4.09. The van der Waals surface area contributed by atoms with E-state index in [1.165, 1.54) is 5.57 Å². The Morgan fingerprint density at radius 1 is 1.16 bits per heavy atom. The Morgan fingerprint density at radius 3 is 2.72 bits per heavy atom. The molecule has 0 amide bonds. The van der Waals surface area contributed by atoms with E-state index in [1.807, 2.05) is 12.1 Å². The highest BCUT2D eigenvalue weighted by atomic mass is 16.6. The summed E-state index contributed by atoms with van der Waals surface area (Å²) < 4.78 is 15.6. The number of unbranched alkanes of at least 4 members (excludes halogenated alkanes) is 2. The molecule has 0 fully saturated rings. The van der Waals surface area contributed by atoms with Gasteiger partial charge < -0.3 is 14.2 Å². The minimum absolute atomic E-state index is 0.141. The number of methoxy groups -OCH3 is 1. The summed E-state index contributed by atoms with van der Waals surface area (Å²) in [4.78, 5) is 12.2. The van der Waals surface area contributed by atoms with Crippen LogP contribution in [0.4, 0.5) is 0 Å². The molecule has 0 bridgehead atoms. The van der Waals surface area contributed by atoms with Crippen LogP contribution < -0.4 is 0 Å². The fraction of sp³-hybridized carbons (Fsp3) is 0.700. The van der Waals surface area contributed by atoms with E-state index in [0.717, 1.165) is 63.5 Å². The van der Waals surface area contributed by atoms with E-state index in [0.29, 0.717) is 13.2 Å². The number of hydrogen-bond acceptors (Lipinski definition) is 5. The molecule has 1 rings (SSSR count). The average molecular weight is 349 g/mol. The van der Waals surface area contributed by atoms with Gasteiger partial charge >= 0.3 is 5.97 Å². The highest BCUT2D eigenvalue weighted by Crippen LogP contribution is 2.28. The lowest BCUT2D eigenvalue weighted by atomic mass is 9.90. The zero-order valence-electron chi connectivity index (χ0n) is 15.6. The van der Waals surface area contributed by atoms with Gasteiger partial charge in [0.25, 0.3) is 0 Å². The van der Waals surface area contributed by atoms with Crippen LogP contribution in [0.1, 0.15) is 58.3 Å². The molecule has 0 aromatic rings. The molecule has 0 heterocycles. The molecule has 0 radical (unpaired) electrons. The third-order valence-corrected chi connectivity index (χ3v) is 4.16. The second-order valence-electron chi connectivity index (χ2n) is 6.22. The summed E-state index contributed by atoms with van der Waals surface area (Å²) >= 11 is 0. The van der Waals surface area contributed by atoms with Gasteiger partial charge in [-0.2, -0.15) is 5.26 Å². The van der Waals surface area contributed by atoms with E-state index in [-0.39, 0.29) is 12.2 Å². The Morgan fingerprint density at radius 2 is 2.00 bits per heavy atom. The monoisotopic (exact) mass is 349 g/mol. The number of nitrogens with zero attached hydrogens (tertiary/aromatic N) is 1. The zero-order valence-corrected chi connectivity index (χ0v) is 15.6. The summed E-state index contributed by atoms with van der Waals surface area (Å²) in [5.74, 6) is -0.534. The van der Waals surface area contributed by atoms with Crippen molar-refractivity contribution in [3.8, 4) is 6.07 Å². The lowest BCUT2D eigenvalue weighted by Crippen LogP contribution is -2.14. The summed E-state index contributed by atoms with van der Waals surface area (Å²) in [5, 5.41) is 9.37. The van der Waals surface area contributed by atoms with E-state index >= 15 is 0 Å². The number of nitriles is 1. The van der Waals surface area contributed by atoms with Crippen molar-refractivity contribution >= 4 is 5.97 Å². The normalized spacial score (nSPS) is 16.1. The maximum Gasteiger partial charge on any atom is 0.349 e. The summed E-state index contributed by atoms with van der Waals surface area (Å²) in [6, 6.07) is 2.03. The first-order valence-corrected chi connectivity index (χ1v) is 9.29. The van der Waals surface area contributed by atoms with Gasteiger partial charge in [-0.1, -0.05) is 25.0 Å². The zero-order chi connectivity index (χ0) is 18.3. The third kappa shape index (κ3) is 8.85. The van der Waals surface area contributed by atoms with E-state index < -0.39 is 5.97 Å². The van der Waals surface area contributed by atoms with Gasteiger partial charge in [0.15, 0.2) is 0 Å². The van der Waals surface area contributed by atoms with Crippen molar-refractivity contribution in [2.75, 3.05) is 33.5 Å². The second-order valence-corrected chi connectivity index (χ2v) is 6.22. The highest BCUT2D eigenvalue weighted by molar-refractivity contribution is 5.94. The number of carbonyl (C=O) groups is 1. The van der Waals surface area contributed by atoms with Crippen molar-refractivity contribution in [3.63, 3.8) is 0 Å². The number of rotatable bonds is 12. The van der Waals surface area contributed by atoms with E-state index in [1.54, 1.807) is 7.11 Å². The van der Waals surface area contributed by atoms with Crippen LogP contribution in [0.3, 0.4) is 0 Å². The van der Waals surface area contributed by atoms with Gasteiger partial charge in [-0.25, -0.2) is 4.79 Å². The maximum absolute atomic E-state index is 12.2. The van der Waals surface area contributed by atoms with Crippen LogP contribution in [-0.2, 0) is 19.0 Å². The Kier molecular flexibility index (Phi) is 11.7. The first-order valence-electron chi connectivity index (χ1n) is 9.29. The smallest absolute Gasteiger partial charge is 0.349 e. The summed E-state index contributed by atoms with van der Waals surface area (Å²) in [5.41, 5.74) is 2.26. The molecule has 5 heteroatoms. The Balaban J connectivity index is 2.53. The molecule has 25 heavy (non-hydrogen) atoms. The minimum atomic E-state index is -0.534. The standard InChI is InChI=1S/C20H31NO4/c1-3-4-12-24-13-14-25-20(22)19(16-21)18-10-7-9-17(15-18)8-5-6-11-23-2/h15H,3-14H2,1-2H3/b19-18-. The third-order valence-electron chi connectivity index (χ3n) is 4.16. The highest BCUT2D eigenvalue weighted by Gasteiger charge is 2.18. The number of ether oxygens (including phenoxy) is 3. The Labute approximate surface area is 151 Å². The van der Waals surface area contributed by atoms with Gasteiger partial charge in [-0.15, -0.1) is 0 Å². The molecule has 140 valence electrons. The Hall–Kier alpha value is -1.64. The molecule has 1 aliphatic carbocycles. The number of esters is 1. The van der Waals surface area contributed by atoms with Gasteiger partial charge in [-0.05, 0) is 50.5 Å². The molecule has 0 aromatic heterocycles. The van der Waals surface area contributed by atoms with Crippen molar-refractivity contribution < 1.29 is 19.0 Å². The van der Waals surface area contributed by atoms with Crippen LogP contribution in [0.2, 0.25) is 0 Å². The lowest BCUT2D eigenvalue weighted by molar-refractivity contribution is -0.140. The van der Waals surface area contributed by atoms with Crippen LogP contribution in [0.15, 0.2) is 22.8 Å². The molecular formula is C20H31NO4. The van der Waals surface area contributed by atoms with E-state index in [4.69, 9.17) is 14.2 Å². The molecule has 0 saturated heterocycles. The fourth-order valence-electron chi connectivity index (χ4n) is 2.75. The topological polar surface area (TPSA) is 68.5 Å². The van der Waals surface area contributed by atoms with Crippen LogP contribution in [-0.4, -0.2) is 39.5 Å². The SMILES string of the molecule is CCCCOCCOC(=O)/C(C#N)=C1\C=C(CCCCOC)CCC1. The quantitative estimate of drug-likeness (QED) is 0.230. The van der Waals surface area contributed by atoms with Gasteiger partial charge in [-0.3, -0.25) is 0 Å². The van der Waals surface area contributed by atoms with Gasteiger partial charge in [0, 0.05) is 20.3 Å². The molecule has 0 atom stereocenters. The fourth-order valence-corrected chi connectivity index (χ4v) is 2.75. The van der Waals surface area contributed by atoms with Gasteiger partial charge in [0.2, 0.25) is 0 Å². The second kappa shape index (κ2) is 13.6. The number of hydrogen-bond donors (Lipinski definition) is 0. The summed E-state index contributed by atoms with van der Waals surface area (Å²) in [6.07, 6.45) is 9.95. The largest absolute Gasteiger partial charge is 0.459 e. The van der Waals surface area contributed by atoms with Crippen molar-refractivity contribution in [2.24, 2.45) is 0 Å². The van der Waals surface area contributed by atoms with Crippen LogP contribution in [0, 0.1) is 11.3 Å². The average Bonchev–Trinajstić information content (AvgIpc) is 2.63. The summed E-state index contributed by atoms with van der Waals surface area (Å²) in [7, 11) is 1.71. The molecule has 0 aromatic carbocycles. The first-order chi connectivity index (χ1) is 12.2. The Bertz CT molecular complexity index is 502. The first kappa shape index (κ1) is 21.4. The van der Waals surface area contributed by atoms with Crippen molar-refractivity contribution in [1.29, 1.82) is 5.26 Å². The van der Waals surface area contributed by atoms with Crippen molar-refractivity contribution in [2.45, 2.75) is 58.3 Å².